The van der Waals surface area contributed by atoms with Crippen molar-refractivity contribution in [2.24, 2.45) is 5.41 Å². The normalized spacial score (nSPS) is 12.5. The van der Waals surface area contributed by atoms with Crippen molar-refractivity contribution in [1.82, 2.24) is 0 Å². The number of benzene rings is 1. The molecule has 0 aromatic heterocycles. The Morgan fingerprint density at radius 2 is 1.95 bits per heavy atom. The number of hydrogen-bond donors (Lipinski definition) is 0. The zero-order chi connectivity index (χ0) is 14.7. The highest BCUT2D eigenvalue weighted by molar-refractivity contribution is 8.13. The van der Waals surface area contributed by atoms with Crippen LogP contribution in [-0.2, 0) is 9.05 Å². The van der Waals surface area contributed by atoms with Gasteiger partial charge in [-0.15, -0.1) is 0 Å². The maximum atomic E-state index is 13.6. The second-order valence-electron chi connectivity index (χ2n) is 5.54. The lowest BCUT2D eigenvalue weighted by Crippen LogP contribution is -2.08. The molecule has 0 radical (unpaired) electrons. The second-order valence-corrected chi connectivity index (χ2v) is 8.11. The van der Waals surface area contributed by atoms with Gasteiger partial charge in [0.15, 0.2) is 11.6 Å². The predicted octanol–water partition coefficient (Wildman–Crippen LogP) is 3.96. The van der Waals surface area contributed by atoms with Crippen LogP contribution in [0.4, 0.5) is 4.39 Å². The van der Waals surface area contributed by atoms with E-state index in [1.807, 2.05) is 0 Å². The highest BCUT2D eigenvalue weighted by Gasteiger charge is 2.14. The van der Waals surface area contributed by atoms with Gasteiger partial charge in [-0.25, -0.2) is 12.8 Å². The van der Waals surface area contributed by atoms with Gasteiger partial charge in [0.1, 0.15) is 0 Å². The Morgan fingerprint density at radius 3 is 2.42 bits per heavy atom. The lowest BCUT2D eigenvalue weighted by atomic mass is 9.91. The summed E-state index contributed by atoms with van der Waals surface area (Å²) < 4.78 is 40.9. The minimum atomic E-state index is -3.91. The van der Waals surface area contributed by atoms with Crippen molar-refractivity contribution >= 4 is 19.7 Å². The third kappa shape index (κ3) is 5.78. The van der Waals surface area contributed by atoms with Crippen LogP contribution in [0.5, 0.6) is 5.75 Å². The first kappa shape index (κ1) is 16.2. The maximum Gasteiger partial charge on any atom is 0.261 e. The smallest absolute Gasteiger partial charge is 0.261 e. The van der Waals surface area contributed by atoms with Gasteiger partial charge >= 0.3 is 0 Å². The minimum absolute atomic E-state index is 0.0398. The van der Waals surface area contributed by atoms with E-state index in [0.29, 0.717) is 6.61 Å². The summed E-state index contributed by atoms with van der Waals surface area (Å²) in [5, 5.41) is 0. The molecule has 0 spiro atoms. The summed E-state index contributed by atoms with van der Waals surface area (Å²) in [6.45, 7) is 6.75. The van der Waals surface area contributed by atoms with E-state index in [2.05, 4.69) is 20.8 Å². The van der Waals surface area contributed by atoms with Crippen molar-refractivity contribution in [3.8, 4) is 5.75 Å². The van der Waals surface area contributed by atoms with Crippen molar-refractivity contribution in [2.75, 3.05) is 6.61 Å². The first-order valence-electron chi connectivity index (χ1n) is 5.97. The van der Waals surface area contributed by atoms with Crippen LogP contribution in [0.3, 0.4) is 0 Å². The van der Waals surface area contributed by atoms with E-state index in [1.54, 1.807) is 0 Å². The lowest BCUT2D eigenvalue weighted by Gasteiger charge is -2.17. The Bertz CT molecular complexity index is 535. The van der Waals surface area contributed by atoms with Gasteiger partial charge in [0.05, 0.1) is 11.5 Å². The number of rotatable bonds is 5. The summed E-state index contributed by atoms with van der Waals surface area (Å²) in [4.78, 5) is -0.270. The largest absolute Gasteiger partial charge is 0.491 e. The highest BCUT2D eigenvalue weighted by Crippen LogP contribution is 2.24. The molecule has 0 N–H and O–H groups in total. The second kappa shape index (κ2) is 6.09. The average molecular weight is 309 g/mol. The fraction of sp³-hybridized carbons (Fsp3) is 0.538. The molecule has 108 valence electrons. The van der Waals surface area contributed by atoms with Crippen LogP contribution in [0, 0.1) is 11.2 Å². The van der Waals surface area contributed by atoms with Gasteiger partial charge in [0, 0.05) is 10.7 Å². The fourth-order valence-corrected chi connectivity index (χ4v) is 2.30. The third-order valence-corrected chi connectivity index (χ3v) is 3.87. The summed E-state index contributed by atoms with van der Waals surface area (Å²) in [5.41, 5.74) is 0.207. The van der Waals surface area contributed by atoms with Crippen LogP contribution in [0.25, 0.3) is 0 Å². The number of halogens is 2. The molecular formula is C13H18ClFO3S. The molecule has 0 fully saturated rings. The van der Waals surface area contributed by atoms with Crippen molar-refractivity contribution in [2.45, 2.75) is 38.5 Å². The maximum absolute atomic E-state index is 13.6. The number of ether oxygens (including phenoxy) is 1. The molecule has 1 aromatic rings. The Hall–Kier alpha value is -0.810. The van der Waals surface area contributed by atoms with Crippen LogP contribution in [0.15, 0.2) is 23.1 Å². The monoisotopic (exact) mass is 308 g/mol. The van der Waals surface area contributed by atoms with E-state index in [4.69, 9.17) is 15.4 Å². The summed E-state index contributed by atoms with van der Waals surface area (Å²) in [5.74, 6) is -0.685. The Labute approximate surface area is 118 Å². The molecule has 0 saturated heterocycles. The van der Waals surface area contributed by atoms with E-state index < -0.39 is 14.9 Å². The molecule has 1 aromatic carbocycles. The van der Waals surface area contributed by atoms with E-state index in [1.165, 1.54) is 12.1 Å². The molecule has 6 heteroatoms. The quantitative estimate of drug-likeness (QED) is 0.611. The van der Waals surface area contributed by atoms with E-state index >= 15 is 0 Å². The fourth-order valence-electron chi connectivity index (χ4n) is 1.53. The Morgan fingerprint density at radius 1 is 1.32 bits per heavy atom. The Balaban J connectivity index is 2.61. The van der Waals surface area contributed by atoms with E-state index in [9.17, 15) is 12.8 Å². The molecule has 0 aliphatic rings. The summed E-state index contributed by atoms with van der Waals surface area (Å²) in [6, 6.07) is 3.37. The molecule has 0 bridgehead atoms. The summed E-state index contributed by atoms with van der Waals surface area (Å²) in [7, 11) is 1.21. The highest BCUT2D eigenvalue weighted by atomic mass is 35.7. The van der Waals surface area contributed by atoms with Crippen LogP contribution < -0.4 is 4.74 Å². The van der Waals surface area contributed by atoms with Gasteiger partial charge in [-0.05, 0) is 36.5 Å². The van der Waals surface area contributed by atoms with Crippen LogP contribution in [0.1, 0.15) is 33.6 Å². The molecule has 0 atom stereocenters. The molecule has 0 saturated carbocycles. The molecule has 3 nitrogen and oxygen atoms in total. The molecule has 0 heterocycles. The van der Waals surface area contributed by atoms with Gasteiger partial charge in [0.2, 0.25) is 0 Å². The first-order chi connectivity index (χ1) is 8.59. The predicted molar refractivity (Wildman–Crippen MR) is 73.6 cm³/mol. The zero-order valence-electron chi connectivity index (χ0n) is 11.2. The van der Waals surface area contributed by atoms with Crippen LogP contribution >= 0.6 is 10.7 Å². The Kier molecular flexibility index (Phi) is 5.21. The van der Waals surface area contributed by atoms with Crippen LogP contribution in [-0.4, -0.2) is 15.0 Å². The van der Waals surface area contributed by atoms with Crippen LogP contribution in [0.2, 0.25) is 0 Å². The SMILES string of the molecule is CC(C)(C)CCCOc1ccc(S(=O)(=O)Cl)cc1F. The molecule has 19 heavy (non-hydrogen) atoms. The molecule has 0 aliphatic heterocycles. The molecule has 1 rings (SSSR count). The van der Waals surface area contributed by atoms with Crippen molar-refractivity contribution < 1.29 is 17.5 Å². The average Bonchev–Trinajstić information content (AvgIpc) is 2.23. The first-order valence-corrected chi connectivity index (χ1v) is 8.27. The van der Waals surface area contributed by atoms with E-state index in [0.717, 1.165) is 18.9 Å². The van der Waals surface area contributed by atoms with Crippen molar-refractivity contribution in [3.05, 3.63) is 24.0 Å². The standard InChI is InChI=1S/C13H18ClFO3S/c1-13(2,3)7-4-8-18-12-6-5-10(9-11(12)15)19(14,16)17/h5-6,9H,4,7-8H2,1-3H3. The van der Waals surface area contributed by atoms with Crippen molar-refractivity contribution in [3.63, 3.8) is 0 Å². The van der Waals surface area contributed by atoms with Gasteiger partial charge in [-0.1, -0.05) is 20.8 Å². The minimum Gasteiger partial charge on any atom is -0.491 e. The molecule has 0 aliphatic carbocycles. The topological polar surface area (TPSA) is 43.4 Å². The molecule has 0 unspecified atom stereocenters. The molecule has 0 amide bonds. The zero-order valence-corrected chi connectivity index (χ0v) is 12.8. The van der Waals surface area contributed by atoms with Gasteiger partial charge in [-0.2, -0.15) is 0 Å². The van der Waals surface area contributed by atoms with Gasteiger partial charge in [0.25, 0.3) is 9.05 Å². The van der Waals surface area contributed by atoms with Gasteiger partial charge < -0.3 is 4.74 Å². The van der Waals surface area contributed by atoms with Crippen molar-refractivity contribution in [1.29, 1.82) is 0 Å². The molecular weight excluding hydrogens is 291 g/mol. The summed E-state index contributed by atoms with van der Waals surface area (Å²) >= 11 is 0. The van der Waals surface area contributed by atoms with Gasteiger partial charge in [-0.3, -0.25) is 0 Å². The lowest BCUT2D eigenvalue weighted by molar-refractivity contribution is 0.260. The van der Waals surface area contributed by atoms with E-state index in [-0.39, 0.29) is 16.1 Å². The third-order valence-electron chi connectivity index (χ3n) is 2.51. The number of hydrogen-bond acceptors (Lipinski definition) is 3. The summed E-state index contributed by atoms with van der Waals surface area (Å²) in [6.07, 6.45) is 1.77.